The number of likely N-dealkylation sites (tertiary alicyclic amines) is 1. The summed E-state index contributed by atoms with van der Waals surface area (Å²) in [6.07, 6.45) is 7.28. The summed E-state index contributed by atoms with van der Waals surface area (Å²) >= 11 is 0. The Labute approximate surface area is 135 Å². The Morgan fingerprint density at radius 3 is 2.36 bits per heavy atom. The molecule has 1 amide bonds. The highest BCUT2D eigenvalue weighted by Crippen LogP contribution is 2.29. The van der Waals surface area contributed by atoms with Gasteiger partial charge in [0.15, 0.2) is 0 Å². The molecule has 3 rings (SSSR count). The molecule has 0 unspecified atom stereocenters. The predicted octanol–water partition coefficient (Wildman–Crippen LogP) is 2.05. The maximum Gasteiger partial charge on any atom is 0.219 e. The topological polar surface area (TPSA) is 26.8 Å². The molecule has 1 aliphatic carbocycles. The Bertz CT molecular complexity index is 373. The Hall–Kier alpha value is -0.610. The maximum absolute atomic E-state index is 11.5. The van der Waals surface area contributed by atoms with E-state index in [1.54, 1.807) is 6.92 Å². The molecule has 0 spiro atoms. The van der Waals surface area contributed by atoms with Gasteiger partial charge in [-0.25, -0.2) is 0 Å². The minimum absolute atomic E-state index is 0.234. The molecule has 22 heavy (non-hydrogen) atoms. The zero-order chi connectivity index (χ0) is 15.5. The second-order valence-electron chi connectivity index (χ2n) is 7.79. The van der Waals surface area contributed by atoms with Gasteiger partial charge in [0.1, 0.15) is 0 Å². The highest BCUT2D eigenvalue weighted by atomic mass is 16.2. The number of nitrogens with zero attached hydrogens (tertiary/aromatic N) is 3. The van der Waals surface area contributed by atoms with Crippen molar-refractivity contribution in [1.29, 1.82) is 0 Å². The summed E-state index contributed by atoms with van der Waals surface area (Å²) in [5, 5.41) is 0. The number of rotatable bonds is 4. The first-order valence-corrected chi connectivity index (χ1v) is 9.35. The van der Waals surface area contributed by atoms with Crippen LogP contribution in [0.1, 0.15) is 46.0 Å². The second kappa shape index (κ2) is 7.31. The fourth-order valence-electron chi connectivity index (χ4n) is 4.74. The lowest BCUT2D eigenvalue weighted by Gasteiger charge is -2.39. The fourth-order valence-corrected chi connectivity index (χ4v) is 4.74. The van der Waals surface area contributed by atoms with E-state index in [4.69, 9.17) is 0 Å². The van der Waals surface area contributed by atoms with Crippen LogP contribution < -0.4 is 0 Å². The van der Waals surface area contributed by atoms with Crippen molar-refractivity contribution >= 4 is 5.91 Å². The molecule has 0 N–H and O–H groups in total. The van der Waals surface area contributed by atoms with Crippen LogP contribution >= 0.6 is 0 Å². The molecule has 2 saturated heterocycles. The molecular formula is C18H33N3O. The van der Waals surface area contributed by atoms with Crippen LogP contribution in [0.4, 0.5) is 0 Å². The highest BCUT2D eigenvalue weighted by molar-refractivity contribution is 5.73. The van der Waals surface area contributed by atoms with Gasteiger partial charge in [-0.2, -0.15) is 0 Å². The molecule has 0 aromatic heterocycles. The molecule has 0 aromatic rings. The largest absolute Gasteiger partial charge is 0.340 e. The molecule has 2 atom stereocenters. The van der Waals surface area contributed by atoms with Gasteiger partial charge in [0, 0.05) is 52.2 Å². The Morgan fingerprint density at radius 1 is 1.05 bits per heavy atom. The van der Waals surface area contributed by atoms with E-state index < -0.39 is 0 Å². The average molecular weight is 307 g/mol. The summed E-state index contributed by atoms with van der Waals surface area (Å²) in [4.78, 5) is 18.8. The predicted molar refractivity (Wildman–Crippen MR) is 89.8 cm³/mol. The van der Waals surface area contributed by atoms with Crippen molar-refractivity contribution in [2.45, 2.75) is 52.0 Å². The number of hydrogen-bond acceptors (Lipinski definition) is 3. The van der Waals surface area contributed by atoms with Crippen LogP contribution in [0.2, 0.25) is 0 Å². The Kier molecular flexibility index (Phi) is 5.40. The number of piperazine rings is 1. The molecule has 3 aliphatic rings. The third-order valence-corrected chi connectivity index (χ3v) is 6.21. The van der Waals surface area contributed by atoms with Crippen molar-refractivity contribution in [3.05, 3.63) is 0 Å². The van der Waals surface area contributed by atoms with Crippen LogP contribution in [0.25, 0.3) is 0 Å². The number of carbonyl (C=O) groups excluding carboxylic acids is 1. The lowest BCUT2D eigenvalue weighted by Crippen LogP contribution is -2.53. The zero-order valence-corrected chi connectivity index (χ0v) is 14.5. The maximum atomic E-state index is 11.5. The summed E-state index contributed by atoms with van der Waals surface area (Å²) in [7, 11) is 0. The Morgan fingerprint density at radius 2 is 1.73 bits per heavy atom. The van der Waals surface area contributed by atoms with Crippen LogP contribution in [0.3, 0.4) is 0 Å². The minimum atomic E-state index is 0.234. The molecular weight excluding hydrogens is 274 g/mol. The molecule has 4 heteroatoms. The summed E-state index contributed by atoms with van der Waals surface area (Å²) < 4.78 is 0. The number of carbonyl (C=O) groups is 1. The van der Waals surface area contributed by atoms with Gasteiger partial charge in [0.05, 0.1) is 0 Å². The molecule has 4 nitrogen and oxygen atoms in total. The Balaban J connectivity index is 1.43. The van der Waals surface area contributed by atoms with Crippen LogP contribution in [-0.2, 0) is 4.79 Å². The molecule has 0 bridgehead atoms. The summed E-state index contributed by atoms with van der Waals surface area (Å²) in [5.74, 6) is 2.01. The number of hydrogen-bond donors (Lipinski definition) is 0. The van der Waals surface area contributed by atoms with Crippen LogP contribution in [0.15, 0.2) is 0 Å². The van der Waals surface area contributed by atoms with Gasteiger partial charge in [-0.1, -0.05) is 32.6 Å². The third-order valence-electron chi connectivity index (χ3n) is 6.21. The van der Waals surface area contributed by atoms with Crippen LogP contribution in [0, 0.1) is 11.8 Å². The van der Waals surface area contributed by atoms with E-state index in [2.05, 4.69) is 16.7 Å². The van der Waals surface area contributed by atoms with Gasteiger partial charge >= 0.3 is 0 Å². The molecule has 0 aromatic carbocycles. The van der Waals surface area contributed by atoms with Gasteiger partial charge in [-0.3, -0.25) is 9.69 Å². The minimum Gasteiger partial charge on any atom is -0.340 e. The first-order chi connectivity index (χ1) is 10.6. The average Bonchev–Trinajstić information content (AvgIpc) is 3.14. The normalized spacial score (nSPS) is 32.0. The number of amides is 1. The van der Waals surface area contributed by atoms with E-state index in [1.807, 2.05) is 4.90 Å². The molecule has 2 aliphatic heterocycles. The van der Waals surface area contributed by atoms with E-state index in [9.17, 15) is 4.79 Å². The summed E-state index contributed by atoms with van der Waals surface area (Å²) in [6, 6.07) is 0.706. The SMILES string of the molecule is CC(=O)N1CCN([C@H]2CN(CCC3CCCC3)C[C@H]2C)CC1. The summed E-state index contributed by atoms with van der Waals surface area (Å²) in [5.41, 5.74) is 0. The second-order valence-corrected chi connectivity index (χ2v) is 7.79. The molecule has 3 fully saturated rings. The van der Waals surface area contributed by atoms with Gasteiger partial charge in [0.25, 0.3) is 0 Å². The van der Waals surface area contributed by atoms with Crippen molar-refractivity contribution in [2.24, 2.45) is 11.8 Å². The molecule has 126 valence electrons. The lowest BCUT2D eigenvalue weighted by molar-refractivity contribution is -0.130. The highest BCUT2D eigenvalue weighted by Gasteiger charge is 2.35. The molecule has 1 saturated carbocycles. The first kappa shape index (κ1) is 16.3. The van der Waals surface area contributed by atoms with Gasteiger partial charge in [0.2, 0.25) is 5.91 Å². The molecule has 0 radical (unpaired) electrons. The van der Waals surface area contributed by atoms with Crippen LogP contribution in [0.5, 0.6) is 0 Å². The van der Waals surface area contributed by atoms with Gasteiger partial charge in [-0.05, 0) is 24.8 Å². The fraction of sp³-hybridized carbons (Fsp3) is 0.944. The van der Waals surface area contributed by atoms with E-state index in [0.717, 1.165) is 38.0 Å². The standard InChI is InChI=1S/C18H33N3O/c1-15-13-19(8-7-17-5-3-4-6-17)14-18(15)21-11-9-20(10-12-21)16(2)22/h15,17-18H,3-14H2,1-2H3/t15-,18+/m1/s1. The summed E-state index contributed by atoms with van der Waals surface area (Å²) in [6.45, 7) is 11.9. The van der Waals surface area contributed by atoms with Gasteiger partial charge in [-0.15, -0.1) is 0 Å². The quantitative estimate of drug-likeness (QED) is 0.795. The van der Waals surface area contributed by atoms with Crippen LogP contribution in [-0.4, -0.2) is 72.5 Å². The van der Waals surface area contributed by atoms with Gasteiger partial charge < -0.3 is 9.80 Å². The molecule has 2 heterocycles. The van der Waals surface area contributed by atoms with Crippen molar-refractivity contribution in [3.63, 3.8) is 0 Å². The van der Waals surface area contributed by atoms with Crippen molar-refractivity contribution in [2.75, 3.05) is 45.8 Å². The zero-order valence-electron chi connectivity index (χ0n) is 14.5. The van der Waals surface area contributed by atoms with E-state index >= 15 is 0 Å². The van der Waals surface area contributed by atoms with E-state index in [0.29, 0.717) is 6.04 Å². The van der Waals surface area contributed by atoms with Crippen molar-refractivity contribution < 1.29 is 4.79 Å². The first-order valence-electron chi connectivity index (χ1n) is 9.35. The van der Waals surface area contributed by atoms with E-state index in [-0.39, 0.29) is 5.91 Å². The monoisotopic (exact) mass is 307 g/mol. The lowest BCUT2D eigenvalue weighted by atomic mass is 10.0. The van der Waals surface area contributed by atoms with Crippen molar-refractivity contribution in [1.82, 2.24) is 14.7 Å². The smallest absolute Gasteiger partial charge is 0.219 e. The van der Waals surface area contributed by atoms with Crippen molar-refractivity contribution in [3.8, 4) is 0 Å². The van der Waals surface area contributed by atoms with E-state index in [1.165, 1.54) is 51.7 Å². The third kappa shape index (κ3) is 3.83.